The highest BCUT2D eigenvalue weighted by Crippen LogP contribution is 2.27. The molecule has 1 rings (SSSR count). The van der Waals surface area contributed by atoms with Crippen molar-refractivity contribution in [2.24, 2.45) is 0 Å². The Morgan fingerprint density at radius 1 is 1.44 bits per heavy atom. The highest BCUT2D eigenvalue weighted by atomic mass is 35.5. The van der Waals surface area contributed by atoms with Crippen molar-refractivity contribution in [2.45, 2.75) is 33.1 Å². The third kappa shape index (κ3) is 4.22. The quantitative estimate of drug-likeness (QED) is 0.806. The lowest BCUT2D eigenvalue weighted by molar-refractivity contribution is -0.120. The predicted octanol–water partition coefficient (Wildman–Crippen LogP) is 3.12. The van der Waals surface area contributed by atoms with Crippen LogP contribution in [0.2, 0.25) is 5.02 Å². The summed E-state index contributed by atoms with van der Waals surface area (Å²) in [7, 11) is 1.61. The second kappa shape index (κ2) is 7.27. The lowest BCUT2D eigenvalue weighted by Gasteiger charge is -2.12. The zero-order chi connectivity index (χ0) is 13.5. The first-order chi connectivity index (χ1) is 8.58. The van der Waals surface area contributed by atoms with Gasteiger partial charge in [-0.25, -0.2) is 0 Å². The van der Waals surface area contributed by atoms with Gasteiger partial charge in [0.2, 0.25) is 5.91 Å². The molecule has 0 aliphatic rings. The van der Waals surface area contributed by atoms with E-state index < -0.39 is 0 Å². The second-order valence-corrected chi connectivity index (χ2v) is 4.73. The molecule has 0 unspecified atom stereocenters. The molecular formula is C14H20ClNO2. The van der Waals surface area contributed by atoms with E-state index in [1.165, 1.54) is 0 Å². The summed E-state index contributed by atoms with van der Waals surface area (Å²) in [6.45, 7) is 4.73. The summed E-state index contributed by atoms with van der Waals surface area (Å²) in [6.07, 6.45) is 2.37. The summed E-state index contributed by atoms with van der Waals surface area (Å²) in [5.41, 5.74) is 1.78. The predicted molar refractivity (Wildman–Crippen MR) is 74.4 cm³/mol. The van der Waals surface area contributed by atoms with Crippen LogP contribution in [0.1, 0.15) is 30.9 Å². The van der Waals surface area contributed by atoms with E-state index in [1.54, 1.807) is 13.2 Å². The van der Waals surface area contributed by atoms with Crippen molar-refractivity contribution >= 4 is 17.5 Å². The highest BCUT2D eigenvalue weighted by Gasteiger charge is 2.11. The SMILES string of the molecule is CCCCNC(=O)Cc1cc(Cl)cc(C)c1OC. The molecule has 3 nitrogen and oxygen atoms in total. The van der Waals surface area contributed by atoms with Gasteiger partial charge in [-0.1, -0.05) is 24.9 Å². The molecule has 0 atom stereocenters. The van der Waals surface area contributed by atoms with E-state index in [0.29, 0.717) is 11.4 Å². The largest absolute Gasteiger partial charge is 0.496 e. The van der Waals surface area contributed by atoms with Crippen molar-refractivity contribution in [2.75, 3.05) is 13.7 Å². The summed E-state index contributed by atoms with van der Waals surface area (Å²) in [5.74, 6) is 0.744. The van der Waals surface area contributed by atoms with E-state index in [9.17, 15) is 4.79 Å². The third-order valence-corrected chi connectivity index (χ3v) is 2.94. The highest BCUT2D eigenvalue weighted by molar-refractivity contribution is 6.30. The van der Waals surface area contributed by atoms with Crippen LogP contribution in [0.15, 0.2) is 12.1 Å². The van der Waals surface area contributed by atoms with Gasteiger partial charge in [0.1, 0.15) is 5.75 Å². The Labute approximate surface area is 113 Å². The van der Waals surface area contributed by atoms with Crippen molar-refractivity contribution in [1.82, 2.24) is 5.32 Å². The van der Waals surface area contributed by atoms with Gasteiger partial charge in [-0.15, -0.1) is 0 Å². The molecule has 0 saturated carbocycles. The molecular weight excluding hydrogens is 250 g/mol. The molecule has 1 N–H and O–H groups in total. The van der Waals surface area contributed by atoms with E-state index in [1.807, 2.05) is 13.0 Å². The minimum Gasteiger partial charge on any atom is -0.496 e. The number of aryl methyl sites for hydroxylation is 1. The van der Waals surface area contributed by atoms with Crippen LogP contribution in [0, 0.1) is 6.92 Å². The average molecular weight is 270 g/mol. The van der Waals surface area contributed by atoms with Gasteiger partial charge in [0, 0.05) is 17.1 Å². The van der Waals surface area contributed by atoms with Crippen LogP contribution in [0.5, 0.6) is 5.75 Å². The summed E-state index contributed by atoms with van der Waals surface area (Å²) in [6, 6.07) is 3.62. The molecule has 1 amide bonds. The van der Waals surface area contributed by atoms with Crippen molar-refractivity contribution in [1.29, 1.82) is 0 Å². The van der Waals surface area contributed by atoms with Crippen LogP contribution in [0.3, 0.4) is 0 Å². The van der Waals surface area contributed by atoms with Crippen molar-refractivity contribution in [3.05, 3.63) is 28.3 Å². The standard InChI is InChI=1S/C14H20ClNO2/c1-4-5-6-16-13(17)9-11-8-12(15)7-10(2)14(11)18-3/h7-8H,4-6,9H2,1-3H3,(H,16,17). The molecule has 100 valence electrons. The zero-order valence-corrected chi connectivity index (χ0v) is 11.9. The number of halogens is 1. The van der Waals surface area contributed by atoms with Gasteiger partial charge in [0.15, 0.2) is 0 Å². The number of benzene rings is 1. The molecule has 1 aromatic carbocycles. The van der Waals surface area contributed by atoms with Crippen LogP contribution in [0.25, 0.3) is 0 Å². The average Bonchev–Trinajstić information content (AvgIpc) is 2.28. The lowest BCUT2D eigenvalue weighted by Crippen LogP contribution is -2.26. The van der Waals surface area contributed by atoms with Crippen LogP contribution in [-0.2, 0) is 11.2 Å². The van der Waals surface area contributed by atoms with Gasteiger partial charge in [-0.05, 0) is 31.0 Å². The van der Waals surface area contributed by atoms with Crippen LogP contribution < -0.4 is 10.1 Å². The Kier molecular flexibility index (Phi) is 5.99. The van der Waals surface area contributed by atoms with E-state index in [-0.39, 0.29) is 5.91 Å². The van der Waals surface area contributed by atoms with Crippen molar-refractivity contribution in [3.63, 3.8) is 0 Å². The molecule has 0 radical (unpaired) electrons. The summed E-state index contributed by atoms with van der Waals surface area (Å²) < 4.78 is 5.32. The number of unbranched alkanes of at least 4 members (excludes halogenated alkanes) is 1. The van der Waals surface area contributed by atoms with Crippen LogP contribution >= 0.6 is 11.6 Å². The van der Waals surface area contributed by atoms with Gasteiger partial charge in [0.05, 0.1) is 13.5 Å². The fraction of sp³-hybridized carbons (Fsp3) is 0.500. The number of carbonyl (C=O) groups is 1. The molecule has 1 aromatic rings. The maximum Gasteiger partial charge on any atom is 0.224 e. The first-order valence-electron chi connectivity index (χ1n) is 6.18. The monoisotopic (exact) mass is 269 g/mol. The first-order valence-corrected chi connectivity index (χ1v) is 6.56. The van der Waals surface area contributed by atoms with Gasteiger partial charge in [0.25, 0.3) is 0 Å². The molecule has 0 aliphatic heterocycles. The van der Waals surface area contributed by atoms with Gasteiger partial charge < -0.3 is 10.1 Å². The number of ether oxygens (including phenoxy) is 1. The van der Waals surface area contributed by atoms with Crippen molar-refractivity contribution in [3.8, 4) is 5.75 Å². The molecule has 0 aliphatic carbocycles. The molecule has 18 heavy (non-hydrogen) atoms. The molecule has 0 aromatic heterocycles. The normalized spacial score (nSPS) is 10.2. The number of hydrogen-bond donors (Lipinski definition) is 1. The molecule has 0 bridgehead atoms. The van der Waals surface area contributed by atoms with Gasteiger partial charge in [-0.3, -0.25) is 4.79 Å². The molecule has 0 spiro atoms. The van der Waals surface area contributed by atoms with Crippen molar-refractivity contribution < 1.29 is 9.53 Å². The minimum atomic E-state index is 0.00316. The summed E-state index contributed by atoms with van der Waals surface area (Å²) in [4.78, 5) is 11.8. The Balaban J connectivity index is 2.74. The second-order valence-electron chi connectivity index (χ2n) is 4.30. The number of hydrogen-bond acceptors (Lipinski definition) is 2. The first kappa shape index (κ1) is 14.8. The number of nitrogens with one attached hydrogen (secondary N) is 1. The Morgan fingerprint density at radius 3 is 2.78 bits per heavy atom. The van der Waals surface area contributed by atoms with E-state index in [2.05, 4.69) is 12.2 Å². The molecule has 0 fully saturated rings. The molecule has 0 saturated heterocycles. The summed E-state index contributed by atoms with van der Waals surface area (Å²) in [5, 5.41) is 3.51. The third-order valence-electron chi connectivity index (χ3n) is 2.72. The topological polar surface area (TPSA) is 38.3 Å². The number of methoxy groups -OCH3 is 1. The van der Waals surface area contributed by atoms with Crippen LogP contribution in [-0.4, -0.2) is 19.6 Å². The fourth-order valence-corrected chi connectivity index (χ4v) is 2.16. The molecule has 0 heterocycles. The van der Waals surface area contributed by atoms with Gasteiger partial charge >= 0.3 is 0 Å². The Hall–Kier alpha value is -1.22. The molecule has 4 heteroatoms. The van der Waals surface area contributed by atoms with Crippen LogP contribution in [0.4, 0.5) is 0 Å². The fourth-order valence-electron chi connectivity index (χ4n) is 1.86. The Morgan fingerprint density at radius 2 is 2.17 bits per heavy atom. The maximum atomic E-state index is 11.8. The summed E-state index contributed by atoms with van der Waals surface area (Å²) >= 11 is 6.00. The minimum absolute atomic E-state index is 0.00316. The smallest absolute Gasteiger partial charge is 0.224 e. The van der Waals surface area contributed by atoms with Gasteiger partial charge in [-0.2, -0.15) is 0 Å². The number of amides is 1. The zero-order valence-electron chi connectivity index (χ0n) is 11.2. The number of carbonyl (C=O) groups excluding carboxylic acids is 1. The van der Waals surface area contributed by atoms with E-state index in [0.717, 1.165) is 36.3 Å². The lowest BCUT2D eigenvalue weighted by atomic mass is 10.1. The number of rotatable bonds is 6. The maximum absolute atomic E-state index is 11.8. The van der Waals surface area contributed by atoms with E-state index in [4.69, 9.17) is 16.3 Å². The van der Waals surface area contributed by atoms with E-state index >= 15 is 0 Å². The Bertz CT molecular complexity index is 419.